The average molecular weight is 229 g/mol. The van der Waals surface area contributed by atoms with E-state index in [1.54, 1.807) is 6.92 Å². The summed E-state index contributed by atoms with van der Waals surface area (Å²) in [6, 6.07) is 0. The Bertz CT molecular complexity index is 222. The minimum Gasteiger partial charge on any atom is -0.467 e. The molecule has 1 aliphatic carbocycles. The fourth-order valence-corrected chi connectivity index (χ4v) is 2.10. The third-order valence-electron chi connectivity index (χ3n) is 3.25. The number of carbonyl (C=O) groups excluding carboxylic acids is 1. The summed E-state index contributed by atoms with van der Waals surface area (Å²) in [7, 11) is 1.37. The lowest BCUT2D eigenvalue weighted by atomic mass is 9.92. The minimum absolute atomic E-state index is 0.251. The highest BCUT2D eigenvalue weighted by Gasteiger charge is 2.28. The topological polar surface area (TPSA) is 61.5 Å². The van der Waals surface area contributed by atoms with E-state index in [0.29, 0.717) is 6.61 Å². The number of nitrogens with two attached hydrogens (primary N) is 1. The zero-order chi connectivity index (χ0) is 12.0. The fourth-order valence-electron chi connectivity index (χ4n) is 2.10. The Kier molecular flexibility index (Phi) is 5.22. The molecule has 0 spiro atoms. The molecule has 4 heteroatoms. The lowest BCUT2D eigenvalue weighted by Gasteiger charge is -2.28. The summed E-state index contributed by atoms with van der Waals surface area (Å²) in [6.45, 7) is 2.15. The molecule has 0 bridgehead atoms. The maximum absolute atomic E-state index is 11.2. The zero-order valence-corrected chi connectivity index (χ0v) is 10.3. The van der Waals surface area contributed by atoms with Gasteiger partial charge in [-0.2, -0.15) is 0 Å². The molecule has 0 radical (unpaired) electrons. The first kappa shape index (κ1) is 13.5. The molecule has 0 aromatic rings. The number of hydrogen-bond donors (Lipinski definition) is 1. The van der Waals surface area contributed by atoms with Gasteiger partial charge in [-0.15, -0.1) is 0 Å². The van der Waals surface area contributed by atoms with E-state index < -0.39 is 6.10 Å². The number of methoxy groups -OCH3 is 1. The van der Waals surface area contributed by atoms with Crippen molar-refractivity contribution in [2.24, 2.45) is 5.73 Å². The number of hydrogen-bond acceptors (Lipinski definition) is 4. The van der Waals surface area contributed by atoms with Crippen LogP contribution in [-0.2, 0) is 14.3 Å². The van der Waals surface area contributed by atoms with Crippen molar-refractivity contribution in [3.63, 3.8) is 0 Å². The lowest BCUT2D eigenvalue weighted by Crippen LogP contribution is -2.45. The van der Waals surface area contributed by atoms with E-state index >= 15 is 0 Å². The maximum Gasteiger partial charge on any atom is 0.334 e. The zero-order valence-electron chi connectivity index (χ0n) is 10.3. The molecule has 1 atom stereocenters. The number of ether oxygens (including phenoxy) is 2. The molecule has 0 heterocycles. The fraction of sp³-hybridized carbons (Fsp3) is 0.917. The summed E-state index contributed by atoms with van der Waals surface area (Å²) in [5, 5.41) is 0. The van der Waals surface area contributed by atoms with E-state index in [1.165, 1.54) is 20.0 Å². The second-order valence-electron chi connectivity index (χ2n) is 4.75. The van der Waals surface area contributed by atoms with Gasteiger partial charge in [0.1, 0.15) is 0 Å². The summed E-state index contributed by atoms with van der Waals surface area (Å²) in [5.41, 5.74) is 6.02. The van der Waals surface area contributed by atoms with Crippen LogP contribution in [0.1, 0.15) is 45.4 Å². The quantitative estimate of drug-likeness (QED) is 0.587. The Morgan fingerprint density at radius 3 is 2.38 bits per heavy atom. The Morgan fingerprint density at radius 2 is 1.88 bits per heavy atom. The van der Waals surface area contributed by atoms with Crippen LogP contribution in [0.5, 0.6) is 0 Å². The van der Waals surface area contributed by atoms with E-state index in [4.69, 9.17) is 10.5 Å². The molecule has 0 aromatic carbocycles. The summed E-state index contributed by atoms with van der Waals surface area (Å²) in [4.78, 5) is 11.2. The van der Waals surface area contributed by atoms with Crippen LogP contribution in [0.3, 0.4) is 0 Å². The minimum atomic E-state index is -0.520. The van der Waals surface area contributed by atoms with Gasteiger partial charge in [-0.25, -0.2) is 4.79 Å². The Balaban J connectivity index is 2.36. The molecule has 1 unspecified atom stereocenters. The molecule has 1 rings (SSSR count). The van der Waals surface area contributed by atoms with Crippen LogP contribution in [0.15, 0.2) is 0 Å². The summed E-state index contributed by atoms with van der Waals surface area (Å²) in [5.74, 6) is -0.336. The molecule has 0 amide bonds. The van der Waals surface area contributed by atoms with Gasteiger partial charge in [0.05, 0.1) is 13.7 Å². The van der Waals surface area contributed by atoms with E-state index in [9.17, 15) is 4.79 Å². The molecule has 1 fully saturated rings. The smallest absolute Gasteiger partial charge is 0.334 e. The highest BCUT2D eigenvalue weighted by Crippen LogP contribution is 2.25. The lowest BCUT2D eigenvalue weighted by molar-refractivity contribution is -0.154. The molecule has 0 aliphatic heterocycles. The normalized spacial score (nSPS) is 22.2. The second-order valence-corrected chi connectivity index (χ2v) is 4.75. The molecule has 1 aliphatic rings. The van der Waals surface area contributed by atoms with Crippen molar-refractivity contribution in [2.45, 2.75) is 57.1 Å². The predicted molar refractivity (Wildman–Crippen MR) is 62.1 cm³/mol. The molecule has 0 saturated heterocycles. The molecular weight excluding hydrogens is 206 g/mol. The Morgan fingerprint density at radius 1 is 1.31 bits per heavy atom. The summed E-state index contributed by atoms with van der Waals surface area (Å²) < 4.78 is 10.1. The first-order chi connectivity index (χ1) is 7.57. The van der Waals surface area contributed by atoms with Crippen LogP contribution in [0, 0.1) is 0 Å². The van der Waals surface area contributed by atoms with Crippen LogP contribution in [-0.4, -0.2) is 31.3 Å². The molecule has 2 N–H and O–H groups in total. The average Bonchev–Trinajstić information content (AvgIpc) is 2.50. The van der Waals surface area contributed by atoms with E-state index in [0.717, 1.165) is 25.7 Å². The van der Waals surface area contributed by atoms with Crippen LogP contribution in [0.2, 0.25) is 0 Å². The van der Waals surface area contributed by atoms with Gasteiger partial charge in [0, 0.05) is 5.54 Å². The van der Waals surface area contributed by atoms with Crippen LogP contribution < -0.4 is 5.73 Å². The maximum atomic E-state index is 11.2. The van der Waals surface area contributed by atoms with Gasteiger partial charge in [-0.3, -0.25) is 0 Å². The SMILES string of the molecule is COC(=O)C(C)OCC1(N)CCCCCC1. The standard InChI is InChI=1S/C12H23NO3/c1-10(11(14)15-2)16-9-12(13)7-5-3-4-6-8-12/h10H,3-9,13H2,1-2H3. The highest BCUT2D eigenvalue weighted by molar-refractivity contribution is 5.73. The molecular formula is C12H23NO3. The molecule has 4 nitrogen and oxygen atoms in total. The van der Waals surface area contributed by atoms with Crippen molar-refractivity contribution in [2.75, 3.05) is 13.7 Å². The van der Waals surface area contributed by atoms with Gasteiger partial charge in [0.2, 0.25) is 0 Å². The van der Waals surface area contributed by atoms with E-state index in [1.807, 2.05) is 0 Å². The summed E-state index contributed by atoms with van der Waals surface area (Å²) >= 11 is 0. The van der Waals surface area contributed by atoms with Crippen molar-refractivity contribution in [1.82, 2.24) is 0 Å². The first-order valence-electron chi connectivity index (χ1n) is 6.06. The number of esters is 1. The molecule has 94 valence electrons. The van der Waals surface area contributed by atoms with Crippen molar-refractivity contribution in [1.29, 1.82) is 0 Å². The van der Waals surface area contributed by atoms with E-state index in [2.05, 4.69) is 4.74 Å². The third-order valence-corrected chi connectivity index (χ3v) is 3.25. The van der Waals surface area contributed by atoms with Gasteiger partial charge in [-0.1, -0.05) is 25.7 Å². The van der Waals surface area contributed by atoms with Gasteiger partial charge >= 0.3 is 5.97 Å². The van der Waals surface area contributed by atoms with Gasteiger partial charge < -0.3 is 15.2 Å². The van der Waals surface area contributed by atoms with E-state index in [-0.39, 0.29) is 11.5 Å². The van der Waals surface area contributed by atoms with Crippen LogP contribution in [0.25, 0.3) is 0 Å². The largest absolute Gasteiger partial charge is 0.467 e. The molecule has 16 heavy (non-hydrogen) atoms. The highest BCUT2D eigenvalue weighted by atomic mass is 16.6. The van der Waals surface area contributed by atoms with Crippen molar-refractivity contribution >= 4 is 5.97 Å². The number of carbonyl (C=O) groups is 1. The molecule has 1 saturated carbocycles. The molecule has 0 aromatic heterocycles. The Labute approximate surface area is 97.5 Å². The third kappa shape index (κ3) is 4.10. The Hall–Kier alpha value is -0.610. The monoisotopic (exact) mass is 229 g/mol. The van der Waals surface area contributed by atoms with Gasteiger partial charge in [-0.05, 0) is 19.8 Å². The van der Waals surface area contributed by atoms with Crippen LogP contribution >= 0.6 is 0 Å². The first-order valence-corrected chi connectivity index (χ1v) is 6.06. The second kappa shape index (κ2) is 6.21. The van der Waals surface area contributed by atoms with Crippen molar-refractivity contribution in [3.05, 3.63) is 0 Å². The van der Waals surface area contributed by atoms with Gasteiger partial charge in [0.15, 0.2) is 6.10 Å². The van der Waals surface area contributed by atoms with Crippen LogP contribution in [0.4, 0.5) is 0 Å². The van der Waals surface area contributed by atoms with Crippen molar-refractivity contribution in [3.8, 4) is 0 Å². The summed E-state index contributed by atoms with van der Waals surface area (Å²) in [6.07, 6.45) is 6.28. The predicted octanol–water partition coefficient (Wildman–Crippen LogP) is 1.62. The van der Waals surface area contributed by atoms with Crippen molar-refractivity contribution < 1.29 is 14.3 Å². The number of rotatable bonds is 4. The van der Waals surface area contributed by atoms with Gasteiger partial charge in [0.25, 0.3) is 0 Å².